The van der Waals surface area contributed by atoms with E-state index in [2.05, 4.69) is 41.0 Å². The van der Waals surface area contributed by atoms with Crippen LogP contribution in [0.5, 0.6) is 0 Å². The predicted molar refractivity (Wildman–Crippen MR) is 112 cm³/mol. The zero-order chi connectivity index (χ0) is 19.4. The second-order valence-corrected chi connectivity index (χ2v) is 8.43. The summed E-state index contributed by atoms with van der Waals surface area (Å²) in [5, 5.41) is 0. The average Bonchev–Trinajstić information content (AvgIpc) is 3.18. The molecule has 3 nitrogen and oxygen atoms in total. The summed E-state index contributed by atoms with van der Waals surface area (Å²) in [7, 11) is 0. The lowest BCUT2D eigenvalue weighted by Crippen LogP contribution is -2.53. The second kappa shape index (κ2) is 8.62. The van der Waals surface area contributed by atoms with Gasteiger partial charge in [0.15, 0.2) is 0 Å². The van der Waals surface area contributed by atoms with E-state index in [-0.39, 0.29) is 11.5 Å². The fourth-order valence-electron chi connectivity index (χ4n) is 4.61. The fourth-order valence-corrected chi connectivity index (χ4v) is 4.61. The van der Waals surface area contributed by atoms with Gasteiger partial charge in [-0.2, -0.15) is 0 Å². The first-order valence-electron chi connectivity index (χ1n) is 10.6. The van der Waals surface area contributed by atoms with Gasteiger partial charge in [0.05, 0.1) is 6.61 Å². The van der Waals surface area contributed by atoms with Crippen molar-refractivity contribution in [2.24, 2.45) is 5.92 Å². The zero-order valence-electron chi connectivity index (χ0n) is 16.8. The van der Waals surface area contributed by atoms with Crippen molar-refractivity contribution in [3.63, 3.8) is 0 Å². The standard InChI is InChI=1S/C24H31FN2O/c1-24(28-19-20-8-3-2-4-9-20)13-5-6-14-27(24)18-21-12-15-26(17-21)23-11-7-10-22(25)16-23/h2-4,7-11,16,21H,5-6,12-15,17-19H2,1H3/t21-,24?/m1/s1. The van der Waals surface area contributed by atoms with Crippen LogP contribution in [-0.2, 0) is 11.3 Å². The van der Waals surface area contributed by atoms with Crippen LogP contribution in [0.3, 0.4) is 0 Å². The minimum Gasteiger partial charge on any atom is -0.371 e. The molecule has 2 aromatic rings. The van der Waals surface area contributed by atoms with Crippen LogP contribution in [0.15, 0.2) is 54.6 Å². The molecule has 2 aromatic carbocycles. The lowest BCUT2D eigenvalue weighted by Gasteiger charge is -2.45. The molecule has 2 aliphatic rings. The van der Waals surface area contributed by atoms with Crippen LogP contribution in [0.4, 0.5) is 10.1 Å². The topological polar surface area (TPSA) is 15.7 Å². The molecular formula is C24H31FN2O. The van der Waals surface area contributed by atoms with Crippen molar-refractivity contribution in [2.75, 3.05) is 31.1 Å². The minimum absolute atomic E-state index is 0.154. The number of likely N-dealkylation sites (tertiary alicyclic amines) is 1. The Kier molecular flexibility index (Phi) is 5.98. The molecule has 0 amide bonds. The lowest BCUT2D eigenvalue weighted by molar-refractivity contribution is -0.174. The van der Waals surface area contributed by atoms with E-state index in [1.165, 1.54) is 24.5 Å². The maximum atomic E-state index is 13.6. The Morgan fingerprint density at radius 1 is 1.07 bits per heavy atom. The first-order chi connectivity index (χ1) is 13.6. The first-order valence-corrected chi connectivity index (χ1v) is 10.6. The Bertz CT molecular complexity index is 768. The van der Waals surface area contributed by atoms with Crippen molar-refractivity contribution >= 4 is 5.69 Å². The molecule has 0 spiro atoms. The van der Waals surface area contributed by atoms with Crippen molar-refractivity contribution < 1.29 is 9.13 Å². The van der Waals surface area contributed by atoms with Crippen LogP contribution in [0, 0.1) is 11.7 Å². The van der Waals surface area contributed by atoms with E-state index in [4.69, 9.17) is 4.74 Å². The van der Waals surface area contributed by atoms with Crippen molar-refractivity contribution in [1.29, 1.82) is 0 Å². The van der Waals surface area contributed by atoms with E-state index < -0.39 is 0 Å². The number of hydrogen-bond acceptors (Lipinski definition) is 3. The van der Waals surface area contributed by atoms with Crippen molar-refractivity contribution in [3.8, 4) is 0 Å². The Hall–Kier alpha value is -1.91. The number of nitrogens with zero attached hydrogens (tertiary/aromatic N) is 2. The normalized spacial score (nSPS) is 25.9. The Labute approximate surface area is 168 Å². The Morgan fingerprint density at radius 2 is 1.93 bits per heavy atom. The SMILES string of the molecule is CC1(OCc2ccccc2)CCCCN1C[C@@H]1CCN(c2cccc(F)c2)C1. The van der Waals surface area contributed by atoms with Crippen molar-refractivity contribution in [1.82, 2.24) is 4.90 Å². The fraction of sp³-hybridized carbons (Fsp3) is 0.500. The summed E-state index contributed by atoms with van der Waals surface area (Å²) in [6, 6.07) is 17.4. The third-order valence-corrected chi connectivity index (χ3v) is 6.32. The van der Waals surface area contributed by atoms with E-state index in [9.17, 15) is 4.39 Å². The molecule has 0 bridgehead atoms. The van der Waals surface area contributed by atoms with Gasteiger partial charge < -0.3 is 9.64 Å². The number of piperidine rings is 1. The van der Waals surface area contributed by atoms with Crippen LogP contribution in [0.25, 0.3) is 0 Å². The molecule has 0 aromatic heterocycles. The number of benzene rings is 2. The molecule has 0 radical (unpaired) electrons. The molecule has 0 aliphatic carbocycles. The number of halogens is 1. The third-order valence-electron chi connectivity index (χ3n) is 6.32. The predicted octanol–water partition coefficient (Wildman–Crippen LogP) is 5.07. The number of anilines is 1. The van der Waals surface area contributed by atoms with E-state index >= 15 is 0 Å². The smallest absolute Gasteiger partial charge is 0.125 e. The van der Waals surface area contributed by atoms with Gasteiger partial charge in [0.2, 0.25) is 0 Å². The van der Waals surface area contributed by atoms with Crippen molar-refractivity contribution in [2.45, 2.75) is 44.9 Å². The van der Waals surface area contributed by atoms with E-state index in [1.807, 2.05) is 12.1 Å². The summed E-state index contributed by atoms with van der Waals surface area (Å²) in [6.45, 7) is 7.07. The van der Waals surface area contributed by atoms with Gasteiger partial charge in [-0.25, -0.2) is 4.39 Å². The van der Waals surface area contributed by atoms with E-state index in [0.29, 0.717) is 12.5 Å². The Balaban J connectivity index is 1.37. The van der Waals surface area contributed by atoms with Crippen LogP contribution in [0.2, 0.25) is 0 Å². The van der Waals surface area contributed by atoms with Gasteiger partial charge in [-0.3, -0.25) is 4.90 Å². The van der Waals surface area contributed by atoms with Gasteiger partial charge in [0, 0.05) is 31.9 Å². The first kappa shape index (κ1) is 19.4. The quantitative estimate of drug-likeness (QED) is 0.694. The summed E-state index contributed by atoms with van der Waals surface area (Å²) in [5.41, 5.74) is 2.04. The van der Waals surface area contributed by atoms with E-state index in [1.54, 1.807) is 12.1 Å². The summed E-state index contributed by atoms with van der Waals surface area (Å²) >= 11 is 0. The molecule has 2 aliphatic heterocycles. The van der Waals surface area contributed by atoms with Gasteiger partial charge in [-0.05, 0) is 62.3 Å². The number of ether oxygens (including phenoxy) is 1. The highest BCUT2D eigenvalue weighted by molar-refractivity contribution is 5.47. The molecule has 2 heterocycles. The zero-order valence-corrected chi connectivity index (χ0v) is 16.8. The molecule has 28 heavy (non-hydrogen) atoms. The van der Waals surface area contributed by atoms with Crippen LogP contribution in [-0.4, -0.2) is 36.8 Å². The number of rotatable bonds is 6. The van der Waals surface area contributed by atoms with Crippen molar-refractivity contribution in [3.05, 3.63) is 66.0 Å². The summed E-state index contributed by atoms with van der Waals surface area (Å²) in [4.78, 5) is 4.87. The van der Waals surface area contributed by atoms with E-state index in [0.717, 1.165) is 44.7 Å². The molecule has 1 unspecified atom stereocenters. The largest absolute Gasteiger partial charge is 0.371 e. The molecule has 2 atom stereocenters. The van der Waals surface area contributed by atoms with Gasteiger partial charge in [0.25, 0.3) is 0 Å². The summed E-state index contributed by atoms with van der Waals surface area (Å²) in [5.74, 6) is 0.444. The molecule has 4 rings (SSSR count). The van der Waals surface area contributed by atoms with Gasteiger partial charge in [-0.15, -0.1) is 0 Å². The van der Waals surface area contributed by atoms with Gasteiger partial charge in [-0.1, -0.05) is 36.4 Å². The second-order valence-electron chi connectivity index (χ2n) is 8.43. The third kappa shape index (κ3) is 4.56. The average molecular weight is 383 g/mol. The monoisotopic (exact) mass is 382 g/mol. The minimum atomic E-state index is -0.194. The van der Waals surface area contributed by atoms with Gasteiger partial charge >= 0.3 is 0 Å². The summed E-state index contributed by atoms with van der Waals surface area (Å²) in [6.07, 6.45) is 4.70. The molecule has 4 heteroatoms. The van der Waals surface area contributed by atoms with Gasteiger partial charge in [0.1, 0.15) is 11.5 Å². The molecule has 0 N–H and O–H groups in total. The summed E-state index contributed by atoms with van der Waals surface area (Å²) < 4.78 is 20.0. The van der Waals surface area contributed by atoms with Crippen LogP contribution >= 0.6 is 0 Å². The van der Waals surface area contributed by atoms with Crippen LogP contribution < -0.4 is 4.90 Å². The molecule has 2 saturated heterocycles. The van der Waals surface area contributed by atoms with Crippen LogP contribution in [0.1, 0.15) is 38.2 Å². The maximum absolute atomic E-state index is 13.6. The highest BCUT2D eigenvalue weighted by Crippen LogP contribution is 2.33. The molecule has 150 valence electrons. The molecule has 2 fully saturated rings. The molecule has 0 saturated carbocycles. The Morgan fingerprint density at radius 3 is 2.75 bits per heavy atom. The number of hydrogen-bond donors (Lipinski definition) is 0. The highest BCUT2D eigenvalue weighted by Gasteiger charge is 2.37. The molecular weight excluding hydrogens is 351 g/mol. The maximum Gasteiger partial charge on any atom is 0.125 e. The lowest BCUT2D eigenvalue weighted by atomic mass is 9.97. The highest BCUT2D eigenvalue weighted by atomic mass is 19.1.